The number of carbonyl (C=O) groups is 1. The SMILES string of the molecule is COC(=O)c1cc(F)c(NC(C)C)c([N+](=O)[O-])c1. The molecular formula is C11H13FN2O4. The molecule has 98 valence electrons. The smallest absolute Gasteiger partial charge is 0.338 e. The van der Waals surface area contributed by atoms with Crippen molar-refractivity contribution in [2.24, 2.45) is 0 Å². The number of nitro groups is 1. The summed E-state index contributed by atoms with van der Waals surface area (Å²) in [5.41, 5.74) is -0.928. The molecule has 7 heteroatoms. The standard InChI is InChI=1S/C11H13FN2O4/c1-6(2)13-10-8(12)4-7(11(15)18-3)5-9(10)14(16)17/h4-6,13H,1-3H3. The Bertz CT molecular complexity index is 488. The molecule has 1 rings (SSSR count). The summed E-state index contributed by atoms with van der Waals surface area (Å²) in [6, 6.07) is 1.71. The van der Waals surface area contributed by atoms with Gasteiger partial charge in [-0.1, -0.05) is 0 Å². The van der Waals surface area contributed by atoms with E-state index in [1.807, 2.05) is 0 Å². The van der Waals surface area contributed by atoms with Gasteiger partial charge >= 0.3 is 5.97 Å². The Kier molecular flexibility index (Phi) is 4.19. The molecule has 0 saturated heterocycles. The first-order valence-electron chi connectivity index (χ1n) is 5.19. The second-order valence-corrected chi connectivity index (χ2v) is 3.90. The number of methoxy groups -OCH3 is 1. The van der Waals surface area contributed by atoms with E-state index in [0.29, 0.717) is 0 Å². The second-order valence-electron chi connectivity index (χ2n) is 3.90. The lowest BCUT2D eigenvalue weighted by Crippen LogP contribution is -2.14. The highest BCUT2D eigenvalue weighted by Gasteiger charge is 2.23. The highest BCUT2D eigenvalue weighted by molar-refractivity contribution is 5.91. The molecule has 0 aliphatic heterocycles. The number of benzene rings is 1. The Balaban J connectivity index is 3.35. The Hall–Kier alpha value is -2.18. The molecule has 0 atom stereocenters. The van der Waals surface area contributed by atoms with Crippen LogP contribution in [0.2, 0.25) is 0 Å². The molecule has 1 aromatic carbocycles. The van der Waals surface area contributed by atoms with Crippen LogP contribution in [0.15, 0.2) is 12.1 Å². The minimum Gasteiger partial charge on any atom is -0.465 e. The van der Waals surface area contributed by atoms with Gasteiger partial charge in [-0.25, -0.2) is 9.18 Å². The third-order valence-corrected chi connectivity index (χ3v) is 2.12. The largest absolute Gasteiger partial charge is 0.465 e. The molecule has 0 spiro atoms. The molecular weight excluding hydrogens is 243 g/mol. The Labute approximate surface area is 103 Å². The van der Waals surface area contributed by atoms with E-state index in [9.17, 15) is 19.3 Å². The molecule has 0 aliphatic carbocycles. The minimum atomic E-state index is -0.863. The number of hydrogen-bond acceptors (Lipinski definition) is 5. The average Bonchev–Trinajstić information content (AvgIpc) is 2.29. The molecule has 1 aromatic rings. The zero-order valence-electron chi connectivity index (χ0n) is 10.2. The summed E-state index contributed by atoms with van der Waals surface area (Å²) in [6.07, 6.45) is 0. The van der Waals surface area contributed by atoms with Crippen molar-refractivity contribution in [2.75, 3.05) is 12.4 Å². The van der Waals surface area contributed by atoms with Crippen LogP contribution in [0.3, 0.4) is 0 Å². The number of esters is 1. The van der Waals surface area contributed by atoms with Gasteiger partial charge in [-0.3, -0.25) is 10.1 Å². The van der Waals surface area contributed by atoms with Gasteiger partial charge in [0.1, 0.15) is 5.69 Å². The molecule has 0 radical (unpaired) electrons. The van der Waals surface area contributed by atoms with Crippen molar-refractivity contribution >= 4 is 17.3 Å². The zero-order chi connectivity index (χ0) is 13.9. The van der Waals surface area contributed by atoms with E-state index in [2.05, 4.69) is 10.1 Å². The van der Waals surface area contributed by atoms with Crippen LogP contribution in [0.1, 0.15) is 24.2 Å². The number of nitro benzene ring substituents is 1. The maximum absolute atomic E-state index is 13.8. The summed E-state index contributed by atoms with van der Waals surface area (Å²) in [5, 5.41) is 13.5. The summed E-state index contributed by atoms with van der Waals surface area (Å²) in [4.78, 5) is 21.4. The van der Waals surface area contributed by atoms with Gasteiger partial charge in [-0.15, -0.1) is 0 Å². The van der Waals surface area contributed by atoms with Crippen molar-refractivity contribution in [1.29, 1.82) is 0 Å². The maximum atomic E-state index is 13.8. The van der Waals surface area contributed by atoms with Crippen molar-refractivity contribution in [1.82, 2.24) is 0 Å². The minimum absolute atomic E-state index is 0.179. The molecule has 0 fully saturated rings. The van der Waals surface area contributed by atoms with Gasteiger partial charge in [0.05, 0.1) is 17.6 Å². The van der Waals surface area contributed by atoms with E-state index in [1.165, 1.54) is 0 Å². The van der Waals surface area contributed by atoms with Gasteiger partial charge in [-0.2, -0.15) is 0 Å². The number of hydrogen-bond donors (Lipinski definition) is 1. The predicted molar refractivity (Wildman–Crippen MR) is 63.2 cm³/mol. The Morgan fingerprint density at radius 1 is 1.50 bits per heavy atom. The highest BCUT2D eigenvalue weighted by Crippen LogP contribution is 2.30. The molecule has 0 unspecified atom stereocenters. The third-order valence-electron chi connectivity index (χ3n) is 2.12. The summed E-state index contributed by atoms with van der Waals surface area (Å²) < 4.78 is 18.2. The molecule has 0 aliphatic rings. The fourth-order valence-corrected chi connectivity index (χ4v) is 1.40. The molecule has 0 heterocycles. The molecule has 18 heavy (non-hydrogen) atoms. The van der Waals surface area contributed by atoms with E-state index < -0.39 is 22.4 Å². The number of carbonyl (C=O) groups excluding carboxylic acids is 1. The lowest BCUT2D eigenvalue weighted by atomic mass is 10.1. The van der Waals surface area contributed by atoms with Crippen LogP contribution in [0.4, 0.5) is 15.8 Å². The van der Waals surface area contributed by atoms with Gasteiger partial charge in [0.15, 0.2) is 5.82 Å². The third kappa shape index (κ3) is 2.93. The van der Waals surface area contributed by atoms with Crippen molar-refractivity contribution in [3.05, 3.63) is 33.6 Å². The number of halogens is 1. The summed E-state index contributed by atoms with van der Waals surface area (Å²) in [5.74, 6) is -1.69. The normalized spacial score (nSPS) is 10.3. The molecule has 6 nitrogen and oxygen atoms in total. The molecule has 0 bridgehead atoms. The highest BCUT2D eigenvalue weighted by atomic mass is 19.1. The van der Waals surface area contributed by atoms with Crippen LogP contribution in [0, 0.1) is 15.9 Å². The average molecular weight is 256 g/mol. The van der Waals surface area contributed by atoms with Gasteiger partial charge in [0, 0.05) is 12.1 Å². The first kappa shape index (κ1) is 13.9. The summed E-state index contributed by atoms with van der Waals surface area (Å²) in [7, 11) is 1.12. The molecule has 0 amide bonds. The topological polar surface area (TPSA) is 81.5 Å². The number of anilines is 1. The molecule has 1 N–H and O–H groups in total. The van der Waals surface area contributed by atoms with Crippen molar-refractivity contribution in [3.63, 3.8) is 0 Å². The van der Waals surface area contributed by atoms with Gasteiger partial charge in [0.2, 0.25) is 0 Å². The first-order chi connectivity index (χ1) is 8.36. The summed E-state index contributed by atoms with van der Waals surface area (Å²) in [6.45, 7) is 3.44. The van der Waals surface area contributed by atoms with E-state index in [4.69, 9.17) is 0 Å². The number of ether oxygens (including phenoxy) is 1. The zero-order valence-corrected chi connectivity index (χ0v) is 10.2. The number of nitrogens with zero attached hydrogens (tertiary/aromatic N) is 1. The van der Waals surface area contributed by atoms with Crippen LogP contribution in [-0.2, 0) is 4.74 Å². The van der Waals surface area contributed by atoms with Crippen LogP contribution in [-0.4, -0.2) is 24.0 Å². The summed E-state index contributed by atoms with van der Waals surface area (Å²) >= 11 is 0. The van der Waals surface area contributed by atoms with E-state index >= 15 is 0 Å². The van der Waals surface area contributed by atoms with Crippen LogP contribution in [0.25, 0.3) is 0 Å². The van der Waals surface area contributed by atoms with E-state index in [-0.39, 0.29) is 17.3 Å². The van der Waals surface area contributed by atoms with Crippen LogP contribution in [0.5, 0.6) is 0 Å². The fraction of sp³-hybridized carbons (Fsp3) is 0.364. The van der Waals surface area contributed by atoms with E-state index in [0.717, 1.165) is 19.2 Å². The van der Waals surface area contributed by atoms with E-state index in [1.54, 1.807) is 13.8 Å². The number of nitrogens with one attached hydrogen (secondary N) is 1. The first-order valence-corrected chi connectivity index (χ1v) is 5.19. The van der Waals surface area contributed by atoms with Crippen LogP contribution < -0.4 is 5.32 Å². The van der Waals surface area contributed by atoms with Crippen molar-refractivity contribution in [3.8, 4) is 0 Å². The number of rotatable bonds is 4. The van der Waals surface area contributed by atoms with Crippen molar-refractivity contribution in [2.45, 2.75) is 19.9 Å². The predicted octanol–water partition coefficient (Wildman–Crippen LogP) is 2.34. The Morgan fingerprint density at radius 3 is 2.56 bits per heavy atom. The molecule has 0 saturated carbocycles. The Morgan fingerprint density at radius 2 is 2.11 bits per heavy atom. The monoisotopic (exact) mass is 256 g/mol. The van der Waals surface area contributed by atoms with Gasteiger partial charge in [-0.05, 0) is 19.9 Å². The molecule has 0 aromatic heterocycles. The van der Waals surface area contributed by atoms with Crippen molar-refractivity contribution < 1.29 is 18.8 Å². The fourth-order valence-electron chi connectivity index (χ4n) is 1.40. The van der Waals surface area contributed by atoms with Gasteiger partial charge in [0.25, 0.3) is 5.69 Å². The second kappa shape index (κ2) is 5.44. The lowest BCUT2D eigenvalue weighted by Gasteiger charge is -2.12. The van der Waals surface area contributed by atoms with Crippen LogP contribution >= 0.6 is 0 Å². The lowest BCUT2D eigenvalue weighted by molar-refractivity contribution is -0.384. The quantitative estimate of drug-likeness (QED) is 0.508. The maximum Gasteiger partial charge on any atom is 0.338 e. The van der Waals surface area contributed by atoms with Gasteiger partial charge < -0.3 is 10.1 Å².